The number of amides is 5. The zero-order valence-electron chi connectivity index (χ0n) is 29.2. The molecule has 4 atom stereocenters. The van der Waals surface area contributed by atoms with Crippen LogP contribution in [0, 0.1) is 30.6 Å². The number of nitriles is 1. The van der Waals surface area contributed by atoms with Crippen molar-refractivity contribution in [2.75, 3.05) is 20.1 Å². The fourth-order valence-corrected chi connectivity index (χ4v) is 6.00. The lowest BCUT2D eigenvalue weighted by atomic mass is 9.93. The number of rotatable bonds is 10. The number of phenolic OH excluding ortho intramolecular Hbond substituents is 2. The summed E-state index contributed by atoms with van der Waals surface area (Å²) in [7, 11) is 1.36. The molecule has 4 bridgehead atoms. The highest BCUT2D eigenvalue weighted by molar-refractivity contribution is 6.00. The highest BCUT2D eigenvalue weighted by atomic mass is 16.3. The van der Waals surface area contributed by atoms with E-state index in [4.69, 9.17) is 10.7 Å². The molecule has 4 rings (SSSR count). The number of nitrogens with one attached hydrogen (secondary N) is 6. The fourth-order valence-electron chi connectivity index (χ4n) is 6.00. The second kappa shape index (κ2) is 17.0. The summed E-state index contributed by atoms with van der Waals surface area (Å²) in [6, 6.07) is 10.7. The van der Waals surface area contributed by atoms with Crippen LogP contribution in [0.25, 0.3) is 11.1 Å². The van der Waals surface area contributed by atoms with Gasteiger partial charge in [-0.3, -0.25) is 29.4 Å². The van der Waals surface area contributed by atoms with Gasteiger partial charge in [0.25, 0.3) is 5.91 Å². The molecule has 15 heteroatoms. The Morgan fingerprint density at radius 1 is 1.02 bits per heavy atom. The van der Waals surface area contributed by atoms with Crippen LogP contribution in [-0.4, -0.2) is 89.3 Å². The third-order valence-electron chi connectivity index (χ3n) is 8.75. The first kappa shape index (κ1) is 38.4. The molecule has 0 aliphatic carbocycles. The molecule has 0 saturated carbocycles. The van der Waals surface area contributed by atoms with Crippen molar-refractivity contribution in [3.63, 3.8) is 0 Å². The van der Waals surface area contributed by atoms with Gasteiger partial charge in [0.05, 0.1) is 12.4 Å². The maximum atomic E-state index is 14.3. The second-order valence-electron chi connectivity index (χ2n) is 12.6. The number of carbonyl (C=O) groups excluding carboxylic acids is 5. The van der Waals surface area contributed by atoms with E-state index in [2.05, 4.69) is 26.6 Å². The predicted octanol–water partition coefficient (Wildman–Crippen LogP) is 1.45. The molecule has 1 heterocycles. The van der Waals surface area contributed by atoms with Crippen LogP contribution >= 0.6 is 0 Å². The molecule has 52 heavy (non-hydrogen) atoms. The first-order valence-electron chi connectivity index (χ1n) is 16.5. The lowest BCUT2D eigenvalue weighted by Crippen LogP contribution is -2.56. The van der Waals surface area contributed by atoms with E-state index in [0.29, 0.717) is 16.7 Å². The number of hydrogen-bond acceptors (Lipinski definition) is 9. The van der Waals surface area contributed by atoms with Gasteiger partial charge in [-0.05, 0) is 74.2 Å². The van der Waals surface area contributed by atoms with Gasteiger partial charge >= 0.3 is 0 Å². The molecule has 272 valence electrons. The number of carbonyl (C=O) groups is 5. The van der Waals surface area contributed by atoms with E-state index in [1.807, 2.05) is 19.1 Å². The Labute approximate surface area is 300 Å². The summed E-state index contributed by atoms with van der Waals surface area (Å²) >= 11 is 0. The van der Waals surface area contributed by atoms with Crippen LogP contribution in [0.4, 0.5) is 0 Å². The second-order valence-corrected chi connectivity index (χ2v) is 12.6. The minimum absolute atomic E-state index is 0.0408. The molecule has 1 aliphatic heterocycles. The van der Waals surface area contributed by atoms with Crippen molar-refractivity contribution >= 4 is 35.9 Å². The third-order valence-corrected chi connectivity index (χ3v) is 8.75. The lowest BCUT2D eigenvalue weighted by Gasteiger charge is -2.32. The van der Waals surface area contributed by atoms with Gasteiger partial charge in [0, 0.05) is 36.7 Å². The summed E-state index contributed by atoms with van der Waals surface area (Å²) in [4.78, 5) is 69.4. The van der Waals surface area contributed by atoms with Gasteiger partial charge in [0.1, 0.15) is 42.2 Å². The predicted molar refractivity (Wildman–Crippen MR) is 191 cm³/mol. The van der Waals surface area contributed by atoms with Crippen LogP contribution in [0.15, 0.2) is 54.6 Å². The molecule has 0 radical (unpaired) electrons. The number of benzene rings is 3. The van der Waals surface area contributed by atoms with Crippen molar-refractivity contribution in [3.05, 3.63) is 82.4 Å². The highest BCUT2D eigenvalue weighted by Gasteiger charge is 2.36. The third kappa shape index (κ3) is 9.02. The molecule has 15 nitrogen and oxygen atoms in total. The van der Waals surface area contributed by atoms with Gasteiger partial charge in [0.15, 0.2) is 0 Å². The maximum Gasteiger partial charge on any atom is 0.252 e. The Balaban J connectivity index is 1.79. The Bertz CT molecular complexity index is 1920. The monoisotopic (exact) mass is 710 g/mol. The molecule has 3 aromatic carbocycles. The van der Waals surface area contributed by atoms with Crippen LogP contribution < -0.4 is 26.6 Å². The molecular weight excluding hydrogens is 668 g/mol. The normalized spacial score (nSPS) is 17.6. The number of aryl methyl sites for hydroxylation is 2. The molecule has 0 aromatic heterocycles. The van der Waals surface area contributed by atoms with Gasteiger partial charge in [-0.15, -0.1) is 0 Å². The Hall–Kier alpha value is -6.43. The van der Waals surface area contributed by atoms with Gasteiger partial charge in [-0.1, -0.05) is 29.8 Å². The Morgan fingerprint density at radius 2 is 1.71 bits per heavy atom. The van der Waals surface area contributed by atoms with E-state index in [0.717, 1.165) is 16.8 Å². The topological polar surface area (TPSA) is 237 Å². The van der Waals surface area contributed by atoms with Crippen LogP contribution in [0.5, 0.6) is 11.5 Å². The van der Waals surface area contributed by atoms with Gasteiger partial charge in [0.2, 0.25) is 23.6 Å². The van der Waals surface area contributed by atoms with E-state index in [1.54, 1.807) is 25.1 Å². The van der Waals surface area contributed by atoms with Gasteiger partial charge < -0.3 is 41.7 Å². The maximum absolute atomic E-state index is 14.3. The van der Waals surface area contributed by atoms with E-state index in [1.165, 1.54) is 44.3 Å². The number of likely N-dealkylation sites (N-methyl/N-ethyl adjacent to an activating group) is 1. The fraction of sp³-hybridized carbons (Fsp3) is 0.324. The van der Waals surface area contributed by atoms with E-state index in [-0.39, 0.29) is 54.1 Å². The Morgan fingerprint density at radius 3 is 2.38 bits per heavy atom. The van der Waals surface area contributed by atoms with Crippen molar-refractivity contribution in [1.82, 2.24) is 31.5 Å². The van der Waals surface area contributed by atoms with E-state index >= 15 is 0 Å². The summed E-state index contributed by atoms with van der Waals surface area (Å²) < 4.78 is 0. The summed E-state index contributed by atoms with van der Waals surface area (Å²) in [5.41, 5.74) is 2.97. The molecule has 0 saturated heterocycles. The minimum Gasteiger partial charge on any atom is -0.507 e. The van der Waals surface area contributed by atoms with Crippen molar-refractivity contribution in [3.8, 4) is 28.7 Å². The number of phenols is 2. The number of nitrogens with zero attached hydrogens (tertiary/aromatic N) is 2. The molecule has 0 spiro atoms. The SMILES string of the molecule is Cc1ccc(C(=O)N[C@@H](CCNC=N)C(=O)N(C)[C@@H]2C(=O)N[C@@H](C)C(=O)N[C@H](C(=O)NCC#N)Cc3ccc(O)c(c3)-c3cc2ccc3O)c(C)c1. The number of fused-ring (bicyclic) bond motifs is 5. The summed E-state index contributed by atoms with van der Waals surface area (Å²) in [6.07, 6.45) is 0.938. The van der Waals surface area contributed by atoms with Crippen LogP contribution in [-0.2, 0) is 25.6 Å². The average Bonchev–Trinajstić information content (AvgIpc) is 3.10. The zero-order valence-corrected chi connectivity index (χ0v) is 29.2. The van der Waals surface area contributed by atoms with Crippen molar-refractivity contribution < 1.29 is 34.2 Å². The smallest absolute Gasteiger partial charge is 0.252 e. The first-order valence-corrected chi connectivity index (χ1v) is 16.5. The summed E-state index contributed by atoms with van der Waals surface area (Å²) in [5, 5.41) is 51.3. The van der Waals surface area contributed by atoms with Gasteiger partial charge in [-0.2, -0.15) is 5.26 Å². The molecule has 3 aromatic rings. The standard InChI is InChI=1S/C37H42N8O7/c1-20-5-8-25(21(2)15-20)34(49)43-28(11-13-40-19-39)37(52)45(4)32-24-7-10-31(47)27(18-24)26-16-23(6-9-30(26)46)17-29(35(50)41-14-12-38)44-33(48)22(3)42-36(32)51/h5-10,15-16,18-19,22,28-29,32,46-47H,11,13-14,17H2,1-4H3,(H2,39,40)(H,41,50)(H,42,51)(H,43,49)(H,44,48)/t22-,28-,29-,32-/m0/s1. The minimum atomic E-state index is -1.43. The van der Waals surface area contributed by atoms with Crippen LogP contribution in [0.2, 0.25) is 0 Å². The number of aromatic hydroxyl groups is 2. The summed E-state index contributed by atoms with van der Waals surface area (Å²) in [6.45, 7) is 4.88. The molecule has 8 N–H and O–H groups in total. The summed E-state index contributed by atoms with van der Waals surface area (Å²) in [5.74, 6) is -3.85. The Kier molecular flexibility index (Phi) is 12.5. The molecular formula is C37H42N8O7. The largest absolute Gasteiger partial charge is 0.507 e. The van der Waals surface area contributed by atoms with E-state index < -0.39 is 53.7 Å². The van der Waals surface area contributed by atoms with Crippen LogP contribution in [0.3, 0.4) is 0 Å². The molecule has 0 fully saturated rings. The molecule has 1 aliphatic rings. The average molecular weight is 711 g/mol. The highest BCUT2D eigenvalue weighted by Crippen LogP contribution is 2.38. The van der Waals surface area contributed by atoms with Gasteiger partial charge in [-0.25, -0.2) is 0 Å². The van der Waals surface area contributed by atoms with Crippen molar-refractivity contribution in [2.24, 2.45) is 0 Å². The van der Waals surface area contributed by atoms with Crippen molar-refractivity contribution in [2.45, 2.75) is 57.8 Å². The molecule has 5 amide bonds. The zero-order chi connectivity index (χ0) is 38.1. The van der Waals surface area contributed by atoms with Crippen molar-refractivity contribution in [1.29, 1.82) is 10.7 Å². The van der Waals surface area contributed by atoms with E-state index in [9.17, 15) is 34.2 Å². The quantitative estimate of drug-likeness (QED) is 0.0657. The van der Waals surface area contributed by atoms with Crippen LogP contribution in [0.1, 0.15) is 52.0 Å². The molecule has 0 unspecified atom stereocenters. The number of hydrogen-bond donors (Lipinski definition) is 8. The first-order chi connectivity index (χ1) is 24.7. The lowest BCUT2D eigenvalue weighted by molar-refractivity contribution is -0.141.